The fourth-order valence-corrected chi connectivity index (χ4v) is 6.66. The smallest absolute Gasteiger partial charge is 0.313 e. The predicted molar refractivity (Wildman–Crippen MR) is 123 cm³/mol. The van der Waals surface area contributed by atoms with E-state index in [1.807, 2.05) is 0 Å². The van der Waals surface area contributed by atoms with Crippen molar-refractivity contribution < 1.29 is 29.4 Å². The van der Waals surface area contributed by atoms with Gasteiger partial charge in [0.1, 0.15) is 23.9 Å². The highest BCUT2D eigenvalue weighted by Crippen LogP contribution is 2.44. The number of aliphatic hydroxyl groups is 1. The second kappa shape index (κ2) is 10.3. The zero-order chi connectivity index (χ0) is 25.2. The first kappa shape index (κ1) is 25.1. The van der Waals surface area contributed by atoms with Crippen LogP contribution in [-0.4, -0.2) is 111 Å². The Hall–Kier alpha value is -3.03. The standard InChI is InChI=1S/C16H20N10O6S3/c1-32-21-7(9-19-14(17)35-22-9)10(28)18-8-11(29)25-4-16(13(30)31,5-33-12(8)25)6-34-15-20-23-24-26(15)2-3-27/h8,12,27H,2-6H2,1H3,(H,18,28)(H,30,31)(H2,17,19,22)/t8?,12-,16?/m1/s1. The van der Waals surface area contributed by atoms with E-state index in [2.05, 4.69) is 35.4 Å². The van der Waals surface area contributed by atoms with Crippen molar-refractivity contribution in [3.8, 4) is 0 Å². The first-order valence-electron chi connectivity index (χ1n) is 9.96. The van der Waals surface area contributed by atoms with Gasteiger partial charge in [0.2, 0.25) is 22.6 Å². The molecule has 16 nitrogen and oxygen atoms in total. The average molecular weight is 545 g/mol. The van der Waals surface area contributed by atoms with Crippen molar-refractivity contribution >= 4 is 63.7 Å². The van der Waals surface area contributed by atoms with Gasteiger partial charge in [-0.3, -0.25) is 14.4 Å². The van der Waals surface area contributed by atoms with Crippen molar-refractivity contribution in [1.29, 1.82) is 0 Å². The minimum Gasteiger partial charge on any atom is -0.481 e. The summed E-state index contributed by atoms with van der Waals surface area (Å²) in [6, 6.07) is -0.873. The molecule has 0 spiro atoms. The van der Waals surface area contributed by atoms with E-state index in [0.29, 0.717) is 5.16 Å². The third kappa shape index (κ3) is 4.88. The Morgan fingerprint density at radius 3 is 2.91 bits per heavy atom. The van der Waals surface area contributed by atoms with Crippen LogP contribution in [0.4, 0.5) is 5.13 Å². The van der Waals surface area contributed by atoms with Gasteiger partial charge in [0.25, 0.3) is 5.91 Å². The number of carbonyl (C=O) groups is 3. The van der Waals surface area contributed by atoms with E-state index >= 15 is 0 Å². The highest BCUT2D eigenvalue weighted by Gasteiger charge is 2.57. The number of tetrazole rings is 1. The third-order valence-corrected chi connectivity index (χ3v) is 8.60. The Morgan fingerprint density at radius 1 is 1.46 bits per heavy atom. The van der Waals surface area contributed by atoms with Crippen LogP contribution < -0.4 is 11.1 Å². The van der Waals surface area contributed by atoms with E-state index < -0.39 is 34.6 Å². The van der Waals surface area contributed by atoms with Crippen LogP contribution in [-0.2, 0) is 25.8 Å². The molecule has 0 radical (unpaired) electrons. The number of hydrogen-bond acceptors (Lipinski definition) is 15. The summed E-state index contributed by atoms with van der Waals surface area (Å²) in [5, 5.41) is 36.6. The van der Waals surface area contributed by atoms with Crippen molar-refractivity contribution in [2.45, 2.75) is 23.1 Å². The molecule has 0 saturated carbocycles. The average Bonchev–Trinajstić information content (AvgIpc) is 3.48. The molecule has 19 heteroatoms. The lowest BCUT2D eigenvalue weighted by Crippen LogP contribution is -2.74. The molecule has 0 aliphatic carbocycles. The summed E-state index contributed by atoms with van der Waals surface area (Å²) in [6.07, 6.45) is 0. The quantitative estimate of drug-likeness (QED) is 0.107. The number of nitrogen functional groups attached to an aromatic ring is 1. The van der Waals surface area contributed by atoms with E-state index in [-0.39, 0.29) is 47.9 Å². The number of aliphatic carboxylic acids is 1. The summed E-state index contributed by atoms with van der Waals surface area (Å²) in [4.78, 5) is 47.9. The number of hydrogen-bond donors (Lipinski definition) is 4. The topological polar surface area (TPSA) is 224 Å². The third-order valence-electron chi connectivity index (χ3n) is 5.22. The maximum Gasteiger partial charge on any atom is 0.313 e. The summed E-state index contributed by atoms with van der Waals surface area (Å²) < 4.78 is 5.32. The van der Waals surface area contributed by atoms with E-state index in [1.165, 1.54) is 28.5 Å². The van der Waals surface area contributed by atoms with Crippen molar-refractivity contribution in [2.75, 3.05) is 37.5 Å². The van der Waals surface area contributed by atoms with Crippen LogP contribution in [0.25, 0.3) is 0 Å². The molecule has 2 aromatic heterocycles. The summed E-state index contributed by atoms with van der Waals surface area (Å²) in [7, 11) is 1.25. The van der Waals surface area contributed by atoms with Gasteiger partial charge in [0.05, 0.1) is 13.2 Å². The number of β-lactam (4-membered cyclic amide) rings is 1. The Labute approximate surface area is 209 Å². The number of amides is 2. The second-order valence-corrected chi connectivity index (χ2v) is 10.3. The monoisotopic (exact) mass is 544 g/mol. The lowest BCUT2D eigenvalue weighted by atomic mass is 9.89. The fourth-order valence-electron chi connectivity index (χ4n) is 3.46. The van der Waals surface area contributed by atoms with E-state index in [4.69, 9.17) is 15.7 Å². The second-order valence-electron chi connectivity index (χ2n) is 7.48. The zero-order valence-electron chi connectivity index (χ0n) is 18.1. The lowest BCUT2D eigenvalue weighted by Gasteiger charge is -2.53. The first-order chi connectivity index (χ1) is 16.8. The molecule has 5 N–H and O–H groups in total. The summed E-state index contributed by atoms with van der Waals surface area (Å²) in [5.41, 5.74) is 4.08. The Balaban J connectivity index is 1.42. The van der Waals surface area contributed by atoms with Gasteiger partial charge < -0.3 is 31.0 Å². The number of nitrogens with one attached hydrogen (secondary N) is 1. The summed E-state index contributed by atoms with van der Waals surface area (Å²) in [5.74, 6) is -1.92. The van der Waals surface area contributed by atoms with E-state index in [0.717, 1.165) is 23.3 Å². The van der Waals surface area contributed by atoms with Gasteiger partial charge in [0.15, 0.2) is 5.13 Å². The number of aliphatic hydroxyl groups excluding tert-OH is 1. The van der Waals surface area contributed by atoms with Crippen LogP contribution in [0.5, 0.6) is 0 Å². The molecule has 35 heavy (non-hydrogen) atoms. The summed E-state index contributed by atoms with van der Waals surface area (Å²) >= 11 is 3.27. The molecular formula is C16H20N10O6S3. The zero-order valence-corrected chi connectivity index (χ0v) is 20.5. The highest BCUT2D eigenvalue weighted by atomic mass is 32.2. The van der Waals surface area contributed by atoms with E-state index in [9.17, 15) is 19.5 Å². The molecule has 2 aliphatic heterocycles. The van der Waals surface area contributed by atoms with Gasteiger partial charge >= 0.3 is 5.97 Å². The number of anilines is 1. The number of rotatable bonds is 10. The van der Waals surface area contributed by atoms with Crippen LogP contribution in [0.3, 0.4) is 0 Å². The number of nitrogens with two attached hydrogens (primary N) is 1. The van der Waals surface area contributed by atoms with E-state index in [1.54, 1.807) is 0 Å². The normalized spacial score (nSPS) is 24.0. The molecule has 2 saturated heterocycles. The van der Waals surface area contributed by atoms with Gasteiger partial charge in [-0.25, -0.2) is 4.68 Å². The molecule has 0 aromatic carbocycles. The summed E-state index contributed by atoms with van der Waals surface area (Å²) in [6.45, 7) is -0.0309. The highest BCUT2D eigenvalue weighted by molar-refractivity contribution is 8.00. The van der Waals surface area contributed by atoms with Gasteiger partial charge in [-0.1, -0.05) is 16.9 Å². The number of carbonyl (C=O) groups excluding carboxylic acids is 2. The van der Waals surface area contributed by atoms with Crippen molar-refractivity contribution in [1.82, 2.24) is 39.8 Å². The molecule has 2 aliphatic rings. The van der Waals surface area contributed by atoms with Crippen molar-refractivity contribution in [3.63, 3.8) is 0 Å². The SMILES string of the molecule is CON=C(C(=O)NC1C(=O)N2CC(CSc3nnnn3CCO)(C(=O)O)CS[C@H]12)c1nsc(N)n1. The molecule has 4 heterocycles. The van der Waals surface area contributed by atoms with Crippen LogP contribution in [0.2, 0.25) is 0 Å². The molecule has 3 atom stereocenters. The molecule has 0 bridgehead atoms. The van der Waals surface area contributed by atoms with Gasteiger partial charge in [-0.05, 0) is 10.4 Å². The minimum atomic E-state index is -1.25. The minimum absolute atomic E-state index is 0.0303. The molecule has 2 unspecified atom stereocenters. The first-order valence-corrected chi connectivity index (χ1v) is 12.8. The number of nitrogens with zero attached hydrogens (tertiary/aromatic N) is 8. The van der Waals surface area contributed by atoms with Crippen molar-refractivity contribution in [3.05, 3.63) is 5.82 Å². The van der Waals surface area contributed by atoms with Crippen LogP contribution in [0.1, 0.15) is 5.82 Å². The Kier molecular flexibility index (Phi) is 7.38. The van der Waals surface area contributed by atoms with Gasteiger partial charge in [0, 0.05) is 29.6 Å². The molecule has 2 amide bonds. The van der Waals surface area contributed by atoms with Crippen LogP contribution in [0.15, 0.2) is 10.3 Å². The van der Waals surface area contributed by atoms with Gasteiger partial charge in [-0.2, -0.15) is 9.36 Å². The molecule has 188 valence electrons. The molecule has 2 aromatic rings. The van der Waals surface area contributed by atoms with Crippen LogP contribution in [0, 0.1) is 5.41 Å². The maximum absolute atomic E-state index is 12.8. The Morgan fingerprint density at radius 2 is 2.26 bits per heavy atom. The largest absolute Gasteiger partial charge is 0.481 e. The number of thioether (sulfide) groups is 2. The lowest BCUT2D eigenvalue weighted by molar-refractivity contribution is -0.157. The van der Waals surface area contributed by atoms with Gasteiger partial charge in [-0.15, -0.1) is 16.9 Å². The number of fused-ring (bicyclic) bond motifs is 1. The fraction of sp³-hybridized carbons (Fsp3) is 0.562. The molecule has 2 fully saturated rings. The number of oxime groups is 1. The predicted octanol–water partition coefficient (Wildman–Crippen LogP) is -2.29. The number of carboxylic acid groups (broad SMARTS) is 1. The van der Waals surface area contributed by atoms with Crippen molar-refractivity contribution in [2.24, 2.45) is 10.6 Å². The molecular weight excluding hydrogens is 524 g/mol. The maximum atomic E-state index is 12.8. The Bertz CT molecular complexity index is 1160. The number of aromatic nitrogens is 6. The molecule has 4 rings (SSSR count). The van der Waals surface area contributed by atoms with Crippen LogP contribution >= 0.6 is 35.1 Å². The number of carboxylic acids is 1.